The lowest BCUT2D eigenvalue weighted by atomic mass is 9.85. The Balaban J connectivity index is 1.76. The fraction of sp³-hybridized carbons (Fsp3) is 0.429. The van der Waals surface area contributed by atoms with Crippen LogP contribution < -0.4 is 5.32 Å². The van der Waals surface area contributed by atoms with E-state index in [1.54, 1.807) is 17.0 Å². The Morgan fingerprint density at radius 1 is 1.29 bits per heavy atom. The number of amides is 3. The smallest absolute Gasteiger partial charge is 0.263 e. The molecule has 1 atom stereocenters. The Kier molecular flexibility index (Phi) is 3.16. The van der Waals surface area contributed by atoms with Gasteiger partial charge < -0.3 is 4.90 Å². The molecule has 3 amide bonds. The average Bonchev–Trinajstić information content (AvgIpc) is 3.10. The van der Waals surface area contributed by atoms with E-state index in [2.05, 4.69) is 5.32 Å². The number of nitrogens with zero attached hydrogens (tertiary/aromatic N) is 1. The number of ketones is 1. The Bertz CT molecular complexity index is 666. The van der Waals surface area contributed by atoms with Gasteiger partial charge in [-0.3, -0.25) is 24.5 Å². The summed E-state index contributed by atoms with van der Waals surface area (Å²) < 4.78 is 0. The summed E-state index contributed by atoms with van der Waals surface area (Å²) in [6.45, 7) is 2.17. The van der Waals surface area contributed by atoms with Gasteiger partial charge in [0.2, 0.25) is 11.8 Å². The molecule has 1 spiro atoms. The lowest BCUT2D eigenvalue weighted by Crippen LogP contribution is -2.36. The topological polar surface area (TPSA) is 83.6 Å². The third kappa shape index (κ3) is 2.27. The van der Waals surface area contributed by atoms with Crippen molar-refractivity contribution in [2.75, 3.05) is 13.1 Å². The zero-order chi connectivity index (χ0) is 15.2. The molecule has 3 heterocycles. The zero-order valence-corrected chi connectivity index (χ0v) is 12.3. The molecule has 0 bridgehead atoms. The van der Waals surface area contributed by atoms with E-state index in [1.165, 1.54) is 6.92 Å². The summed E-state index contributed by atoms with van der Waals surface area (Å²) in [4.78, 5) is 49.6. The van der Waals surface area contributed by atoms with Crippen molar-refractivity contribution in [3.8, 4) is 0 Å². The van der Waals surface area contributed by atoms with Gasteiger partial charge in [-0.2, -0.15) is 0 Å². The van der Waals surface area contributed by atoms with Gasteiger partial charge in [0, 0.05) is 19.5 Å². The number of hydrogen-bond acceptors (Lipinski definition) is 5. The Morgan fingerprint density at radius 2 is 2.00 bits per heavy atom. The maximum Gasteiger partial charge on any atom is 0.263 e. The highest BCUT2D eigenvalue weighted by Crippen LogP contribution is 2.38. The van der Waals surface area contributed by atoms with Gasteiger partial charge in [-0.05, 0) is 25.5 Å². The van der Waals surface area contributed by atoms with Crippen LogP contribution >= 0.6 is 11.3 Å². The molecule has 2 saturated heterocycles. The Morgan fingerprint density at radius 3 is 2.57 bits per heavy atom. The second-order valence-corrected chi connectivity index (χ2v) is 6.61. The predicted octanol–water partition coefficient (Wildman–Crippen LogP) is 0.830. The highest BCUT2D eigenvalue weighted by atomic mass is 32.1. The number of imide groups is 1. The maximum atomic E-state index is 12.4. The van der Waals surface area contributed by atoms with E-state index < -0.39 is 5.41 Å². The molecule has 0 saturated carbocycles. The van der Waals surface area contributed by atoms with E-state index in [4.69, 9.17) is 0 Å². The molecule has 3 rings (SSSR count). The standard InChI is InChI=1S/C14H14N2O4S/c1-8(17)9-2-3-10(21-9)12(19)16-5-4-14(7-16)6-11(18)15-13(14)20/h2-3H,4-7H2,1H3,(H,15,18,20)/t14-/m0/s1. The number of likely N-dealkylation sites (tertiary alicyclic amines) is 1. The first-order chi connectivity index (χ1) is 9.91. The summed E-state index contributed by atoms with van der Waals surface area (Å²) in [5.74, 6) is -0.808. The molecule has 0 radical (unpaired) electrons. The van der Waals surface area contributed by atoms with Gasteiger partial charge in [0.1, 0.15) is 0 Å². The first kappa shape index (κ1) is 13.9. The predicted molar refractivity (Wildman–Crippen MR) is 75.0 cm³/mol. The molecule has 0 aliphatic carbocycles. The van der Waals surface area contributed by atoms with Crippen molar-refractivity contribution in [1.29, 1.82) is 0 Å². The van der Waals surface area contributed by atoms with Crippen molar-refractivity contribution in [3.63, 3.8) is 0 Å². The lowest BCUT2D eigenvalue weighted by Gasteiger charge is -2.19. The number of nitrogens with one attached hydrogen (secondary N) is 1. The molecule has 2 fully saturated rings. The number of rotatable bonds is 2. The first-order valence-corrected chi connectivity index (χ1v) is 7.47. The van der Waals surface area contributed by atoms with Crippen LogP contribution in [0.2, 0.25) is 0 Å². The number of thiophene rings is 1. The van der Waals surface area contributed by atoms with Crippen LogP contribution in [0.1, 0.15) is 39.1 Å². The van der Waals surface area contributed by atoms with E-state index in [1.807, 2.05) is 0 Å². The van der Waals surface area contributed by atoms with Crippen LogP contribution in [0, 0.1) is 5.41 Å². The molecule has 7 heteroatoms. The third-order valence-electron chi connectivity index (χ3n) is 4.04. The summed E-state index contributed by atoms with van der Waals surface area (Å²) in [7, 11) is 0. The van der Waals surface area contributed by atoms with Crippen LogP contribution in [0.4, 0.5) is 0 Å². The SMILES string of the molecule is CC(=O)c1ccc(C(=O)N2CC[C@]3(CC(=O)NC3=O)C2)s1. The van der Waals surface area contributed by atoms with Crippen molar-refractivity contribution in [2.45, 2.75) is 19.8 Å². The molecule has 110 valence electrons. The zero-order valence-electron chi connectivity index (χ0n) is 11.5. The van der Waals surface area contributed by atoms with E-state index >= 15 is 0 Å². The van der Waals surface area contributed by atoms with Gasteiger partial charge in [0.05, 0.1) is 15.2 Å². The Labute approximate surface area is 125 Å². The van der Waals surface area contributed by atoms with Crippen molar-refractivity contribution >= 4 is 34.8 Å². The van der Waals surface area contributed by atoms with E-state index in [-0.39, 0.29) is 36.5 Å². The highest BCUT2D eigenvalue weighted by molar-refractivity contribution is 7.15. The third-order valence-corrected chi connectivity index (χ3v) is 5.21. The van der Waals surface area contributed by atoms with Crippen LogP contribution in [0.3, 0.4) is 0 Å². The quantitative estimate of drug-likeness (QED) is 0.648. The Hall–Kier alpha value is -2.02. The van der Waals surface area contributed by atoms with Gasteiger partial charge in [-0.15, -0.1) is 11.3 Å². The van der Waals surface area contributed by atoms with Gasteiger partial charge in [0.25, 0.3) is 5.91 Å². The molecule has 1 N–H and O–H groups in total. The largest absolute Gasteiger partial charge is 0.337 e. The normalized spacial score (nSPS) is 24.7. The molecular formula is C14H14N2O4S. The average molecular weight is 306 g/mol. The second kappa shape index (κ2) is 4.77. The fourth-order valence-electron chi connectivity index (χ4n) is 2.86. The molecule has 21 heavy (non-hydrogen) atoms. The van der Waals surface area contributed by atoms with Crippen molar-refractivity contribution < 1.29 is 19.2 Å². The molecule has 2 aliphatic heterocycles. The number of carbonyl (C=O) groups is 4. The van der Waals surface area contributed by atoms with Crippen LogP contribution in [-0.4, -0.2) is 41.5 Å². The molecule has 6 nitrogen and oxygen atoms in total. The minimum Gasteiger partial charge on any atom is -0.337 e. The summed E-state index contributed by atoms with van der Waals surface area (Å²) in [6, 6.07) is 3.27. The van der Waals surface area contributed by atoms with Gasteiger partial charge in [-0.25, -0.2) is 0 Å². The summed E-state index contributed by atoms with van der Waals surface area (Å²) >= 11 is 1.16. The number of hydrogen-bond donors (Lipinski definition) is 1. The molecular weight excluding hydrogens is 292 g/mol. The lowest BCUT2D eigenvalue weighted by molar-refractivity contribution is -0.128. The molecule has 1 aromatic rings. The molecule has 2 aliphatic rings. The highest BCUT2D eigenvalue weighted by Gasteiger charge is 2.51. The van der Waals surface area contributed by atoms with Crippen molar-refractivity contribution in [2.24, 2.45) is 5.41 Å². The van der Waals surface area contributed by atoms with Crippen LogP contribution in [-0.2, 0) is 9.59 Å². The van der Waals surface area contributed by atoms with Crippen LogP contribution in [0.5, 0.6) is 0 Å². The van der Waals surface area contributed by atoms with E-state index in [9.17, 15) is 19.2 Å². The first-order valence-electron chi connectivity index (χ1n) is 6.66. The van der Waals surface area contributed by atoms with Crippen molar-refractivity contribution in [3.05, 3.63) is 21.9 Å². The number of carbonyl (C=O) groups excluding carboxylic acids is 4. The maximum absolute atomic E-state index is 12.4. The summed E-state index contributed by atoms with van der Waals surface area (Å²) in [5.41, 5.74) is -0.757. The van der Waals surface area contributed by atoms with Crippen LogP contribution in [0.15, 0.2) is 12.1 Å². The van der Waals surface area contributed by atoms with Gasteiger partial charge in [-0.1, -0.05) is 0 Å². The van der Waals surface area contributed by atoms with Gasteiger partial charge in [0.15, 0.2) is 5.78 Å². The second-order valence-electron chi connectivity index (χ2n) is 5.53. The van der Waals surface area contributed by atoms with E-state index in [0.717, 1.165) is 11.3 Å². The summed E-state index contributed by atoms with van der Waals surface area (Å²) in [6.07, 6.45) is 0.653. The van der Waals surface area contributed by atoms with E-state index in [0.29, 0.717) is 22.7 Å². The molecule has 0 unspecified atom stereocenters. The van der Waals surface area contributed by atoms with Crippen molar-refractivity contribution in [1.82, 2.24) is 10.2 Å². The molecule has 0 aromatic carbocycles. The minimum atomic E-state index is -0.757. The van der Waals surface area contributed by atoms with Crippen LogP contribution in [0.25, 0.3) is 0 Å². The monoisotopic (exact) mass is 306 g/mol. The number of Topliss-reactive ketones (excluding diaryl/α,β-unsaturated/α-hetero) is 1. The van der Waals surface area contributed by atoms with Gasteiger partial charge >= 0.3 is 0 Å². The molecule has 1 aromatic heterocycles. The minimum absolute atomic E-state index is 0.0716. The fourth-order valence-corrected chi connectivity index (χ4v) is 3.73. The summed E-state index contributed by atoms with van der Waals surface area (Å²) in [5, 5.41) is 2.31.